The molecule has 0 aromatic heterocycles. The predicted molar refractivity (Wildman–Crippen MR) is 80.2 cm³/mol. The number of halogens is 2. The van der Waals surface area contributed by atoms with E-state index in [4.69, 9.17) is 27.9 Å². The molecule has 1 amide bonds. The number of hydrogen-bond acceptors (Lipinski definition) is 3. The largest absolute Gasteiger partial charge is 0.363 e. The molecule has 1 aliphatic heterocycles. The molecule has 0 saturated carbocycles. The fourth-order valence-corrected chi connectivity index (χ4v) is 2.39. The van der Waals surface area contributed by atoms with Crippen LogP contribution in [-0.2, 0) is 16.1 Å². The molecule has 4 nitrogen and oxygen atoms in total. The third kappa shape index (κ3) is 3.85. The highest BCUT2D eigenvalue weighted by atomic mass is 35.5. The summed E-state index contributed by atoms with van der Waals surface area (Å²) in [6, 6.07) is 5.26. The number of nitrogens with zero attached hydrogens (tertiary/aromatic N) is 1. The smallest absolute Gasteiger partial charge is 0.248 e. The normalized spacial score (nSPS) is 16.6. The lowest BCUT2D eigenvalue weighted by atomic mass is 10.0. The Labute approximate surface area is 129 Å². The number of amides is 1. The maximum Gasteiger partial charge on any atom is 0.248 e. The quantitative estimate of drug-likeness (QED) is 0.906. The molecule has 110 valence electrons. The van der Waals surface area contributed by atoms with Gasteiger partial charge in [-0.1, -0.05) is 29.3 Å². The van der Waals surface area contributed by atoms with Crippen molar-refractivity contribution in [3.63, 3.8) is 0 Å². The fourth-order valence-electron chi connectivity index (χ4n) is 1.92. The van der Waals surface area contributed by atoms with E-state index in [0.717, 1.165) is 18.7 Å². The van der Waals surface area contributed by atoms with Crippen LogP contribution in [0.1, 0.15) is 12.5 Å². The van der Waals surface area contributed by atoms with Gasteiger partial charge in [-0.05, 0) is 24.6 Å². The van der Waals surface area contributed by atoms with Crippen molar-refractivity contribution in [1.82, 2.24) is 10.2 Å². The van der Waals surface area contributed by atoms with E-state index in [1.54, 1.807) is 24.1 Å². The molecular formula is C14H18Cl2N2O2. The summed E-state index contributed by atoms with van der Waals surface area (Å²) in [7, 11) is 1.73. The fraction of sp³-hybridized carbons (Fsp3) is 0.500. The van der Waals surface area contributed by atoms with Gasteiger partial charge in [0.1, 0.15) is 6.61 Å². The molecular weight excluding hydrogens is 299 g/mol. The Hall–Kier alpha value is -0.810. The minimum atomic E-state index is -0.214. The Kier molecular flexibility index (Phi) is 4.91. The second-order valence-electron chi connectivity index (χ2n) is 5.33. The summed E-state index contributed by atoms with van der Waals surface area (Å²) >= 11 is 11.9. The van der Waals surface area contributed by atoms with Gasteiger partial charge in [0.25, 0.3) is 0 Å². The summed E-state index contributed by atoms with van der Waals surface area (Å²) in [6.45, 7) is 4.08. The Morgan fingerprint density at radius 1 is 1.45 bits per heavy atom. The first-order valence-electron chi connectivity index (χ1n) is 6.42. The van der Waals surface area contributed by atoms with Crippen molar-refractivity contribution < 1.29 is 9.53 Å². The zero-order chi connectivity index (χ0) is 14.8. The first-order valence-corrected chi connectivity index (χ1v) is 7.18. The van der Waals surface area contributed by atoms with Crippen LogP contribution in [-0.4, -0.2) is 43.2 Å². The van der Waals surface area contributed by atoms with Crippen molar-refractivity contribution in [1.29, 1.82) is 0 Å². The standard InChI is InChI=1S/C14H18Cl2N2O2/c1-14(8-17-9-14)20-7-13(19)18(2)6-10-3-4-11(15)5-12(10)16/h3-5,17H,6-9H2,1-2H3. The van der Waals surface area contributed by atoms with E-state index >= 15 is 0 Å². The molecule has 1 aromatic carbocycles. The second kappa shape index (κ2) is 6.31. The number of benzene rings is 1. The average Bonchev–Trinajstić information content (AvgIpc) is 2.36. The Bertz CT molecular complexity index is 504. The minimum absolute atomic E-state index is 0.0656. The topological polar surface area (TPSA) is 41.6 Å². The van der Waals surface area contributed by atoms with Crippen molar-refractivity contribution in [3.05, 3.63) is 33.8 Å². The van der Waals surface area contributed by atoms with E-state index < -0.39 is 0 Å². The minimum Gasteiger partial charge on any atom is -0.363 e. The zero-order valence-corrected chi connectivity index (χ0v) is 13.1. The molecule has 0 radical (unpaired) electrons. The zero-order valence-electron chi connectivity index (χ0n) is 11.6. The van der Waals surface area contributed by atoms with Gasteiger partial charge in [-0.25, -0.2) is 0 Å². The number of rotatable bonds is 5. The van der Waals surface area contributed by atoms with E-state index in [2.05, 4.69) is 5.32 Å². The number of carbonyl (C=O) groups excluding carboxylic acids is 1. The number of nitrogens with one attached hydrogen (secondary N) is 1. The summed E-state index contributed by atoms with van der Waals surface area (Å²) in [5, 5.41) is 4.28. The van der Waals surface area contributed by atoms with E-state index in [0.29, 0.717) is 16.6 Å². The van der Waals surface area contributed by atoms with E-state index in [-0.39, 0.29) is 18.1 Å². The molecule has 1 heterocycles. The summed E-state index contributed by atoms with van der Waals surface area (Å²) in [6.07, 6.45) is 0. The summed E-state index contributed by atoms with van der Waals surface area (Å²) in [5.41, 5.74) is 0.650. The summed E-state index contributed by atoms with van der Waals surface area (Å²) in [5.74, 6) is -0.0656. The maximum absolute atomic E-state index is 12.0. The Morgan fingerprint density at radius 2 is 2.15 bits per heavy atom. The number of carbonyl (C=O) groups is 1. The van der Waals surface area contributed by atoms with Crippen LogP contribution in [0.15, 0.2) is 18.2 Å². The van der Waals surface area contributed by atoms with Crippen LogP contribution in [0.4, 0.5) is 0 Å². The molecule has 0 unspecified atom stereocenters. The van der Waals surface area contributed by atoms with Gasteiger partial charge in [-0.15, -0.1) is 0 Å². The van der Waals surface area contributed by atoms with Crippen molar-refractivity contribution in [2.75, 3.05) is 26.7 Å². The third-order valence-corrected chi connectivity index (χ3v) is 3.98. The highest BCUT2D eigenvalue weighted by Gasteiger charge is 2.33. The molecule has 1 aromatic rings. The van der Waals surface area contributed by atoms with Crippen molar-refractivity contribution in [3.8, 4) is 0 Å². The lowest BCUT2D eigenvalue weighted by molar-refractivity contribution is -0.145. The first kappa shape index (κ1) is 15.6. The van der Waals surface area contributed by atoms with Crippen molar-refractivity contribution >= 4 is 29.1 Å². The molecule has 1 fully saturated rings. The van der Waals surface area contributed by atoms with Crippen molar-refractivity contribution in [2.45, 2.75) is 19.1 Å². The van der Waals surface area contributed by atoms with Gasteiger partial charge in [0.15, 0.2) is 0 Å². The van der Waals surface area contributed by atoms with Crippen LogP contribution < -0.4 is 5.32 Å². The van der Waals surface area contributed by atoms with Gasteiger partial charge in [-0.2, -0.15) is 0 Å². The van der Waals surface area contributed by atoms with Gasteiger partial charge >= 0.3 is 0 Å². The van der Waals surface area contributed by atoms with Crippen LogP contribution in [0.3, 0.4) is 0 Å². The van der Waals surface area contributed by atoms with E-state index in [1.165, 1.54) is 0 Å². The molecule has 0 aliphatic carbocycles. The van der Waals surface area contributed by atoms with Crippen LogP contribution >= 0.6 is 23.2 Å². The molecule has 0 bridgehead atoms. The second-order valence-corrected chi connectivity index (χ2v) is 6.17. The SMILES string of the molecule is CN(Cc1ccc(Cl)cc1Cl)C(=O)COC1(C)CNC1. The molecule has 1 aliphatic rings. The van der Waals surface area contributed by atoms with Crippen LogP contribution in [0, 0.1) is 0 Å². The maximum atomic E-state index is 12.0. The highest BCUT2D eigenvalue weighted by Crippen LogP contribution is 2.22. The van der Waals surface area contributed by atoms with Crippen LogP contribution in [0.25, 0.3) is 0 Å². The molecule has 6 heteroatoms. The van der Waals surface area contributed by atoms with Gasteiger partial charge in [0.05, 0.1) is 5.60 Å². The van der Waals surface area contributed by atoms with Gasteiger partial charge in [-0.3, -0.25) is 4.79 Å². The molecule has 1 saturated heterocycles. The third-order valence-electron chi connectivity index (χ3n) is 3.39. The van der Waals surface area contributed by atoms with Crippen LogP contribution in [0.2, 0.25) is 10.0 Å². The first-order chi connectivity index (χ1) is 9.39. The monoisotopic (exact) mass is 316 g/mol. The van der Waals surface area contributed by atoms with Crippen molar-refractivity contribution in [2.24, 2.45) is 0 Å². The number of hydrogen-bond donors (Lipinski definition) is 1. The van der Waals surface area contributed by atoms with Gasteiger partial charge in [0, 0.05) is 36.7 Å². The Balaban J connectivity index is 1.87. The highest BCUT2D eigenvalue weighted by molar-refractivity contribution is 6.35. The molecule has 0 spiro atoms. The average molecular weight is 317 g/mol. The molecule has 0 atom stereocenters. The Morgan fingerprint density at radius 3 is 2.70 bits per heavy atom. The molecule has 20 heavy (non-hydrogen) atoms. The van der Waals surface area contributed by atoms with E-state index in [9.17, 15) is 4.79 Å². The van der Waals surface area contributed by atoms with Gasteiger partial charge < -0.3 is 15.0 Å². The van der Waals surface area contributed by atoms with E-state index in [1.807, 2.05) is 13.0 Å². The molecule has 2 rings (SSSR count). The van der Waals surface area contributed by atoms with Gasteiger partial charge in [0.2, 0.25) is 5.91 Å². The lowest BCUT2D eigenvalue weighted by Crippen LogP contribution is -2.59. The molecule has 1 N–H and O–H groups in total. The summed E-state index contributed by atoms with van der Waals surface area (Å²) < 4.78 is 5.63. The summed E-state index contributed by atoms with van der Waals surface area (Å²) in [4.78, 5) is 13.6. The number of ether oxygens (including phenoxy) is 1. The predicted octanol–water partition coefficient (Wildman–Crippen LogP) is 2.33. The lowest BCUT2D eigenvalue weighted by Gasteiger charge is -2.39. The van der Waals surface area contributed by atoms with Crippen LogP contribution in [0.5, 0.6) is 0 Å². The number of likely N-dealkylation sites (N-methyl/N-ethyl adjacent to an activating group) is 1.